The fourth-order valence-corrected chi connectivity index (χ4v) is 1.87. The van der Waals surface area contributed by atoms with Crippen LogP contribution in [0.25, 0.3) is 10.8 Å². The maximum absolute atomic E-state index is 4.45. The molecule has 2 rings (SSSR count). The van der Waals surface area contributed by atoms with Crippen LogP contribution in [0.2, 0.25) is 0 Å². The first-order chi connectivity index (χ1) is 6.68. The van der Waals surface area contributed by atoms with Crippen LogP contribution in [0.4, 0.5) is 0 Å². The first-order valence-corrected chi connectivity index (χ1v) is 5.37. The molecular weight excluding hydrogens is 188 g/mol. The molecule has 0 spiro atoms. The van der Waals surface area contributed by atoms with E-state index in [1.165, 1.54) is 21.9 Å². The summed E-state index contributed by atoms with van der Waals surface area (Å²) in [5.41, 5.74) is 2.62. The monoisotopic (exact) mass is 202 g/mol. The third-order valence-electron chi connectivity index (χ3n) is 2.61. The van der Waals surface area contributed by atoms with Crippen molar-refractivity contribution < 1.29 is 0 Å². The molecule has 0 fully saturated rings. The number of fused-ring (bicyclic) bond motifs is 1. The highest BCUT2D eigenvalue weighted by Gasteiger charge is 2.02. The number of hydrogen-bond acceptors (Lipinski definition) is 1. The van der Waals surface area contributed by atoms with Gasteiger partial charge in [-0.3, -0.25) is 0 Å². The van der Waals surface area contributed by atoms with Gasteiger partial charge in [-0.1, -0.05) is 30.3 Å². The molecule has 0 aromatic heterocycles. The lowest BCUT2D eigenvalue weighted by atomic mass is 10.0. The Morgan fingerprint density at radius 2 is 1.93 bits per heavy atom. The third kappa shape index (κ3) is 1.64. The smallest absolute Gasteiger partial charge is 0.0239 e. The summed E-state index contributed by atoms with van der Waals surface area (Å²) in [6.45, 7) is 4.25. The molecule has 1 unspecified atom stereocenters. The normalized spacial score (nSPS) is 13.1. The largest absolute Gasteiger partial charge is 0.171 e. The van der Waals surface area contributed by atoms with E-state index in [-0.39, 0.29) is 0 Å². The van der Waals surface area contributed by atoms with Gasteiger partial charge < -0.3 is 0 Å². The van der Waals surface area contributed by atoms with Gasteiger partial charge in [0.15, 0.2) is 0 Å². The van der Waals surface area contributed by atoms with E-state index < -0.39 is 0 Å². The highest BCUT2D eigenvalue weighted by Crippen LogP contribution is 2.25. The van der Waals surface area contributed by atoms with Gasteiger partial charge >= 0.3 is 0 Å². The summed E-state index contributed by atoms with van der Waals surface area (Å²) in [7, 11) is 0. The second-order valence-corrected chi connectivity index (χ2v) is 4.51. The number of thiol groups is 1. The molecule has 0 aliphatic rings. The summed E-state index contributed by atoms with van der Waals surface area (Å²) in [6.07, 6.45) is 0. The van der Waals surface area contributed by atoms with Gasteiger partial charge in [-0.05, 0) is 41.8 Å². The third-order valence-corrected chi connectivity index (χ3v) is 2.90. The van der Waals surface area contributed by atoms with Crippen LogP contribution in [-0.2, 0) is 0 Å². The van der Waals surface area contributed by atoms with E-state index >= 15 is 0 Å². The lowest BCUT2D eigenvalue weighted by Crippen LogP contribution is -1.85. The van der Waals surface area contributed by atoms with Crippen LogP contribution in [-0.4, -0.2) is 0 Å². The fourth-order valence-electron chi connectivity index (χ4n) is 1.71. The Hall–Kier alpha value is -0.950. The van der Waals surface area contributed by atoms with Gasteiger partial charge in [-0.2, -0.15) is 12.6 Å². The summed E-state index contributed by atoms with van der Waals surface area (Å²) in [5.74, 6) is 0. The van der Waals surface area contributed by atoms with Crippen LogP contribution >= 0.6 is 12.6 Å². The van der Waals surface area contributed by atoms with Gasteiger partial charge in [0.05, 0.1) is 0 Å². The summed E-state index contributed by atoms with van der Waals surface area (Å²) in [4.78, 5) is 0. The predicted octanol–water partition coefficient (Wildman–Crippen LogP) is 4.14. The van der Waals surface area contributed by atoms with Crippen molar-refractivity contribution >= 4 is 23.4 Å². The SMILES string of the molecule is Cc1cccc2ccc(C(C)S)cc12. The van der Waals surface area contributed by atoms with E-state index in [9.17, 15) is 0 Å². The Morgan fingerprint density at radius 3 is 2.64 bits per heavy atom. The maximum atomic E-state index is 4.45. The van der Waals surface area contributed by atoms with E-state index in [0.29, 0.717) is 5.25 Å². The minimum atomic E-state index is 0.305. The summed E-state index contributed by atoms with van der Waals surface area (Å²) in [5, 5.41) is 2.95. The van der Waals surface area contributed by atoms with Crippen molar-refractivity contribution in [1.29, 1.82) is 0 Å². The van der Waals surface area contributed by atoms with Crippen LogP contribution in [0.15, 0.2) is 36.4 Å². The van der Waals surface area contributed by atoms with E-state index in [1.54, 1.807) is 0 Å². The Bertz CT molecular complexity index is 458. The minimum absolute atomic E-state index is 0.305. The van der Waals surface area contributed by atoms with Crippen molar-refractivity contribution in [3.63, 3.8) is 0 Å². The highest BCUT2D eigenvalue weighted by molar-refractivity contribution is 7.80. The average Bonchev–Trinajstić information content (AvgIpc) is 2.18. The molecule has 1 atom stereocenters. The number of rotatable bonds is 1. The first-order valence-electron chi connectivity index (χ1n) is 4.86. The molecule has 0 bridgehead atoms. The molecule has 2 aromatic carbocycles. The molecule has 14 heavy (non-hydrogen) atoms. The van der Waals surface area contributed by atoms with Gasteiger partial charge in [0.25, 0.3) is 0 Å². The van der Waals surface area contributed by atoms with Crippen molar-refractivity contribution in [1.82, 2.24) is 0 Å². The lowest BCUT2D eigenvalue weighted by Gasteiger charge is -2.07. The zero-order valence-electron chi connectivity index (χ0n) is 8.49. The van der Waals surface area contributed by atoms with E-state index in [1.807, 2.05) is 0 Å². The molecule has 0 radical (unpaired) electrons. The molecule has 0 heterocycles. The van der Waals surface area contributed by atoms with Gasteiger partial charge in [-0.15, -0.1) is 0 Å². The van der Waals surface area contributed by atoms with Crippen molar-refractivity contribution in [3.05, 3.63) is 47.5 Å². The molecular formula is C13H14S. The Kier molecular flexibility index (Phi) is 2.51. The number of aryl methyl sites for hydroxylation is 1. The Balaban J connectivity index is 2.70. The zero-order chi connectivity index (χ0) is 10.1. The molecule has 0 nitrogen and oxygen atoms in total. The van der Waals surface area contributed by atoms with Crippen molar-refractivity contribution in [2.75, 3.05) is 0 Å². The number of hydrogen-bond donors (Lipinski definition) is 1. The van der Waals surface area contributed by atoms with Crippen molar-refractivity contribution in [2.24, 2.45) is 0 Å². The molecule has 0 aliphatic carbocycles. The first kappa shape index (κ1) is 9.60. The lowest BCUT2D eigenvalue weighted by molar-refractivity contribution is 1.12. The average molecular weight is 202 g/mol. The van der Waals surface area contributed by atoms with Crippen LogP contribution < -0.4 is 0 Å². The van der Waals surface area contributed by atoms with Crippen LogP contribution in [0.5, 0.6) is 0 Å². The molecule has 0 N–H and O–H groups in total. The van der Waals surface area contributed by atoms with E-state index in [0.717, 1.165) is 0 Å². The molecule has 0 aliphatic heterocycles. The van der Waals surface area contributed by atoms with E-state index in [2.05, 4.69) is 62.9 Å². The highest BCUT2D eigenvalue weighted by atomic mass is 32.1. The van der Waals surface area contributed by atoms with Crippen molar-refractivity contribution in [3.8, 4) is 0 Å². The quantitative estimate of drug-likeness (QED) is 0.660. The van der Waals surface area contributed by atoms with E-state index in [4.69, 9.17) is 0 Å². The molecule has 0 amide bonds. The molecule has 72 valence electrons. The summed E-state index contributed by atoms with van der Waals surface area (Å²) < 4.78 is 0. The molecule has 0 saturated heterocycles. The molecule has 2 aromatic rings. The van der Waals surface area contributed by atoms with Gasteiger partial charge in [-0.25, -0.2) is 0 Å². The topological polar surface area (TPSA) is 0 Å². The second-order valence-electron chi connectivity index (χ2n) is 3.73. The second kappa shape index (κ2) is 3.66. The minimum Gasteiger partial charge on any atom is -0.171 e. The summed E-state index contributed by atoms with van der Waals surface area (Å²) >= 11 is 4.45. The maximum Gasteiger partial charge on any atom is 0.0239 e. The Labute approximate surface area is 90.4 Å². The van der Waals surface area contributed by atoms with Crippen LogP contribution in [0.1, 0.15) is 23.3 Å². The zero-order valence-corrected chi connectivity index (χ0v) is 9.38. The van der Waals surface area contributed by atoms with Gasteiger partial charge in [0.1, 0.15) is 0 Å². The number of benzene rings is 2. The predicted molar refractivity (Wildman–Crippen MR) is 66.1 cm³/mol. The summed E-state index contributed by atoms with van der Waals surface area (Å²) in [6, 6.07) is 13.0. The van der Waals surface area contributed by atoms with Gasteiger partial charge in [0.2, 0.25) is 0 Å². The van der Waals surface area contributed by atoms with Gasteiger partial charge in [0, 0.05) is 5.25 Å². The molecule has 1 heteroatoms. The van der Waals surface area contributed by atoms with Crippen LogP contribution in [0.3, 0.4) is 0 Å². The fraction of sp³-hybridized carbons (Fsp3) is 0.231. The molecule has 0 saturated carbocycles. The standard InChI is InChI=1S/C13H14S/c1-9-4-3-5-11-6-7-12(10(2)14)8-13(9)11/h3-8,10,14H,1-2H3. The Morgan fingerprint density at radius 1 is 1.14 bits per heavy atom. The van der Waals surface area contributed by atoms with Crippen molar-refractivity contribution in [2.45, 2.75) is 19.1 Å². The van der Waals surface area contributed by atoms with Crippen LogP contribution in [0, 0.1) is 6.92 Å².